The Bertz CT molecular complexity index is 870. The molecule has 6 heteroatoms. The van der Waals surface area contributed by atoms with Crippen molar-refractivity contribution < 1.29 is 25.5 Å². The molecule has 0 amide bonds. The molecule has 0 fully saturated rings. The van der Waals surface area contributed by atoms with E-state index in [9.17, 15) is 25.5 Å². The Balaban J connectivity index is 1.93. The van der Waals surface area contributed by atoms with E-state index in [2.05, 4.69) is 4.98 Å². The molecule has 1 heterocycles. The van der Waals surface area contributed by atoms with Gasteiger partial charge in [-0.3, -0.25) is 4.98 Å². The van der Waals surface area contributed by atoms with Crippen molar-refractivity contribution >= 4 is 0 Å². The standard InChI is InChI=1S/C19H19NO5/c21-15-4-1-11(2-5-15)13(8-14-9-18(24)20-19(14)25)7-12-3-6-16(22)10-17(12)23/h1-6,9-10,13,20-25H,7-8H2. The quantitative estimate of drug-likeness (QED) is 0.426. The van der Waals surface area contributed by atoms with Crippen molar-refractivity contribution in [3.8, 4) is 29.0 Å². The van der Waals surface area contributed by atoms with Gasteiger partial charge in [-0.05, 0) is 48.1 Å². The van der Waals surface area contributed by atoms with Crippen molar-refractivity contribution in [1.82, 2.24) is 4.98 Å². The smallest absolute Gasteiger partial charge is 0.194 e. The number of hydrogen-bond donors (Lipinski definition) is 6. The lowest BCUT2D eigenvalue weighted by atomic mass is 9.87. The first-order chi connectivity index (χ1) is 11.9. The summed E-state index contributed by atoms with van der Waals surface area (Å²) in [7, 11) is 0. The second-order valence-electron chi connectivity index (χ2n) is 6.04. The van der Waals surface area contributed by atoms with E-state index in [1.807, 2.05) is 0 Å². The van der Waals surface area contributed by atoms with Crippen molar-refractivity contribution in [3.63, 3.8) is 0 Å². The van der Waals surface area contributed by atoms with Gasteiger partial charge in [-0.1, -0.05) is 18.2 Å². The zero-order chi connectivity index (χ0) is 18.0. The zero-order valence-corrected chi connectivity index (χ0v) is 13.3. The summed E-state index contributed by atoms with van der Waals surface area (Å²) in [6.07, 6.45) is 0.857. The molecule has 3 aromatic rings. The molecule has 0 aliphatic rings. The predicted octanol–water partition coefficient (Wildman–Crippen LogP) is 3.11. The zero-order valence-electron chi connectivity index (χ0n) is 13.3. The number of phenolic OH excluding ortho intramolecular Hbond substituents is 3. The minimum Gasteiger partial charge on any atom is -0.508 e. The Morgan fingerprint density at radius 1 is 0.720 bits per heavy atom. The fraction of sp³-hybridized carbons (Fsp3) is 0.158. The minimum absolute atomic E-state index is 0.00934. The number of aromatic amines is 1. The van der Waals surface area contributed by atoms with E-state index in [4.69, 9.17) is 0 Å². The van der Waals surface area contributed by atoms with Gasteiger partial charge in [0.25, 0.3) is 0 Å². The molecule has 0 spiro atoms. The van der Waals surface area contributed by atoms with E-state index in [0.29, 0.717) is 24.0 Å². The summed E-state index contributed by atoms with van der Waals surface area (Å²) >= 11 is 0. The van der Waals surface area contributed by atoms with E-state index in [1.165, 1.54) is 18.2 Å². The molecule has 1 unspecified atom stereocenters. The molecular weight excluding hydrogens is 322 g/mol. The summed E-state index contributed by atoms with van der Waals surface area (Å²) < 4.78 is 0. The highest BCUT2D eigenvalue weighted by atomic mass is 16.3. The minimum atomic E-state index is -0.128. The summed E-state index contributed by atoms with van der Waals surface area (Å²) in [6.45, 7) is 0. The first-order valence-corrected chi connectivity index (χ1v) is 7.82. The highest BCUT2D eigenvalue weighted by Gasteiger charge is 2.19. The van der Waals surface area contributed by atoms with Crippen LogP contribution in [0.1, 0.15) is 22.6 Å². The predicted molar refractivity (Wildman–Crippen MR) is 92.1 cm³/mol. The van der Waals surface area contributed by atoms with E-state index in [1.54, 1.807) is 30.3 Å². The summed E-state index contributed by atoms with van der Waals surface area (Å²) in [5.41, 5.74) is 2.11. The van der Waals surface area contributed by atoms with Gasteiger partial charge in [0, 0.05) is 17.7 Å². The van der Waals surface area contributed by atoms with Gasteiger partial charge in [0.2, 0.25) is 0 Å². The SMILES string of the molecule is Oc1ccc(C(Cc2ccc(O)cc2O)Cc2cc(O)[nH]c2O)cc1. The number of nitrogens with one attached hydrogen (secondary N) is 1. The van der Waals surface area contributed by atoms with Gasteiger partial charge in [-0.2, -0.15) is 0 Å². The monoisotopic (exact) mass is 341 g/mol. The first kappa shape index (κ1) is 16.6. The van der Waals surface area contributed by atoms with Crippen LogP contribution in [0.25, 0.3) is 0 Å². The van der Waals surface area contributed by atoms with Crippen LogP contribution in [0.2, 0.25) is 0 Å². The lowest BCUT2D eigenvalue weighted by Crippen LogP contribution is -2.07. The summed E-state index contributed by atoms with van der Waals surface area (Å²) in [5.74, 6) is -0.226. The fourth-order valence-electron chi connectivity index (χ4n) is 2.94. The van der Waals surface area contributed by atoms with Gasteiger partial charge in [0.1, 0.15) is 17.2 Å². The third kappa shape index (κ3) is 3.80. The molecule has 6 N–H and O–H groups in total. The molecule has 0 saturated carbocycles. The first-order valence-electron chi connectivity index (χ1n) is 7.82. The third-order valence-electron chi connectivity index (χ3n) is 4.23. The molecule has 6 nitrogen and oxygen atoms in total. The summed E-state index contributed by atoms with van der Waals surface area (Å²) in [6, 6.07) is 12.6. The number of hydrogen-bond acceptors (Lipinski definition) is 5. The van der Waals surface area contributed by atoms with Crippen molar-refractivity contribution in [3.05, 3.63) is 65.2 Å². The van der Waals surface area contributed by atoms with Gasteiger partial charge in [0.15, 0.2) is 11.8 Å². The number of benzene rings is 2. The highest BCUT2D eigenvalue weighted by molar-refractivity contribution is 5.42. The van der Waals surface area contributed by atoms with Gasteiger partial charge in [-0.15, -0.1) is 0 Å². The molecule has 2 aromatic carbocycles. The largest absolute Gasteiger partial charge is 0.508 e. The third-order valence-corrected chi connectivity index (χ3v) is 4.23. The van der Waals surface area contributed by atoms with Crippen LogP contribution in [-0.4, -0.2) is 30.5 Å². The van der Waals surface area contributed by atoms with E-state index < -0.39 is 0 Å². The van der Waals surface area contributed by atoms with Crippen LogP contribution in [0.5, 0.6) is 29.0 Å². The second kappa shape index (κ2) is 6.68. The highest BCUT2D eigenvalue weighted by Crippen LogP contribution is 2.34. The Morgan fingerprint density at radius 2 is 1.36 bits per heavy atom. The summed E-state index contributed by atoms with van der Waals surface area (Å²) in [5, 5.41) is 48.4. The van der Waals surface area contributed by atoms with Crippen LogP contribution in [0, 0.1) is 0 Å². The molecule has 1 atom stereocenters. The van der Waals surface area contributed by atoms with Crippen LogP contribution in [0.15, 0.2) is 48.5 Å². The number of aromatic nitrogens is 1. The van der Waals surface area contributed by atoms with Gasteiger partial charge >= 0.3 is 0 Å². The Labute approximate surface area is 144 Å². The molecule has 0 aliphatic carbocycles. The molecule has 0 bridgehead atoms. The fourth-order valence-corrected chi connectivity index (χ4v) is 2.94. The molecule has 0 radical (unpaired) electrons. The van der Waals surface area contributed by atoms with Gasteiger partial charge in [0.05, 0.1) is 0 Å². The summed E-state index contributed by atoms with van der Waals surface area (Å²) in [4.78, 5) is 2.44. The van der Waals surface area contributed by atoms with Crippen LogP contribution in [0.4, 0.5) is 0 Å². The van der Waals surface area contributed by atoms with Crippen LogP contribution < -0.4 is 0 Å². The van der Waals surface area contributed by atoms with Crippen molar-refractivity contribution in [2.24, 2.45) is 0 Å². The lowest BCUT2D eigenvalue weighted by Gasteiger charge is -2.18. The molecule has 3 rings (SSSR count). The molecule has 0 aliphatic heterocycles. The van der Waals surface area contributed by atoms with E-state index in [-0.39, 0.29) is 34.9 Å². The maximum atomic E-state index is 10.1. The van der Waals surface area contributed by atoms with E-state index in [0.717, 1.165) is 5.56 Å². The number of H-pyrrole nitrogens is 1. The van der Waals surface area contributed by atoms with Crippen LogP contribution >= 0.6 is 0 Å². The van der Waals surface area contributed by atoms with Crippen molar-refractivity contribution in [1.29, 1.82) is 0 Å². The molecular formula is C19H19NO5. The van der Waals surface area contributed by atoms with Gasteiger partial charge < -0.3 is 25.5 Å². The average molecular weight is 341 g/mol. The number of phenols is 3. The van der Waals surface area contributed by atoms with Crippen LogP contribution in [0.3, 0.4) is 0 Å². The second-order valence-corrected chi connectivity index (χ2v) is 6.04. The molecule has 25 heavy (non-hydrogen) atoms. The lowest BCUT2D eigenvalue weighted by molar-refractivity contribution is 0.422. The Hall–Kier alpha value is -3.28. The molecule has 0 saturated heterocycles. The van der Waals surface area contributed by atoms with Crippen molar-refractivity contribution in [2.75, 3.05) is 0 Å². The number of aromatic hydroxyl groups is 5. The maximum absolute atomic E-state index is 10.1. The topological polar surface area (TPSA) is 117 Å². The van der Waals surface area contributed by atoms with Gasteiger partial charge in [-0.25, -0.2) is 0 Å². The molecule has 1 aromatic heterocycles. The average Bonchev–Trinajstić information content (AvgIpc) is 2.87. The number of rotatable bonds is 5. The maximum Gasteiger partial charge on any atom is 0.194 e. The Kier molecular flexibility index (Phi) is 4.43. The van der Waals surface area contributed by atoms with Crippen molar-refractivity contribution in [2.45, 2.75) is 18.8 Å². The van der Waals surface area contributed by atoms with E-state index >= 15 is 0 Å². The van der Waals surface area contributed by atoms with Crippen LogP contribution in [-0.2, 0) is 12.8 Å². The Morgan fingerprint density at radius 3 is 1.96 bits per heavy atom. The molecule has 130 valence electrons. The normalized spacial score (nSPS) is 12.2.